The number of anilines is 1. The van der Waals surface area contributed by atoms with Gasteiger partial charge >= 0.3 is 5.97 Å². The fourth-order valence-electron chi connectivity index (χ4n) is 5.77. The molecule has 2 aromatic carbocycles. The minimum absolute atomic E-state index is 0.169. The zero-order valence-electron chi connectivity index (χ0n) is 24.2. The number of imidazole rings is 1. The van der Waals surface area contributed by atoms with E-state index in [1.165, 1.54) is 0 Å². The summed E-state index contributed by atoms with van der Waals surface area (Å²) in [4.78, 5) is 28.5. The number of aromatic nitrogens is 4. The number of nitrogens with one attached hydrogen (secondary N) is 1. The number of hydrogen-bond acceptors (Lipinski definition) is 8. The van der Waals surface area contributed by atoms with E-state index in [2.05, 4.69) is 69.0 Å². The summed E-state index contributed by atoms with van der Waals surface area (Å²) in [6.07, 6.45) is 5.68. The smallest absolute Gasteiger partial charge is 0.320 e. The Kier molecular flexibility index (Phi) is 8.12. The first-order valence-electron chi connectivity index (χ1n) is 14.7. The first kappa shape index (κ1) is 27.8. The molecule has 9 heteroatoms. The highest BCUT2D eigenvalue weighted by Gasteiger charge is 2.34. The second kappa shape index (κ2) is 12.3. The topological polar surface area (TPSA) is 111 Å². The van der Waals surface area contributed by atoms with Crippen LogP contribution in [0.15, 0.2) is 73.1 Å². The monoisotopic (exact) mass is 563 g/mol. The van der Waals surface area contributed by atoms with Gasteiger partial charge in [-0.25, -0.2) is 15.0 Å². The fraction of sp³-hybridized carbons (Fsp3) is 0.333. The maximum absolute atomic E-state index is 11.8. The van der Waals surface area contributed by atoms with Gasteiger partial charge in [0.2, 0.25) is 0 Å². The Bertz CT molecular complexity index is 1700. The van der Waals surface area contributed by atoms with Crippen molar-refractivity contribution in [1.82, 2.24) is 29.6 Å². The van der Waals surface area contributed by atoms with Gasteiger partial charge in [0.1, 0.15) is 22.9 Å². The maximum Gasteiger partial charge on any atom is 0.320 e. The predicted molar refractivity (Wildman–Crippen MR) is 166 cm³/mol. The third-order valence-electron chi connectivity index (χ3n) is 8.11. The van der Waals surface area contributed by atoms with Crippen molar-refractivity contribution in [2.45, 2.75) is 38.6 Å². The summed E-state index contributed by atoms with van der Waals surface area (Å²) < 4.78 is 7.20. The number of nitrogens with zero attached hydrogens (tertiary/aromatic N) is 5. The summed E-state index contributed by atoms with van der Waals surface area (Å²) in [5.74, 6) is 1.62. The summed E-state index contributed by atoms with van der Waals surface area (Å²) in [6.45, 7) is 7.08. The van der Waals surface area contributed by atoms with E-state index in [1.807, 2.05) is 31.3 Å². The lowest BCUT2D eigenvalue weighted by atomic mass is 9.79. The van der Waals surface area contributed by atoms with E-state index in [0.29, 0.717) is 30.9 Å². The third-order valence-corrected chi connectivity index (χ3v) is 8.11. The van der Waals surface area contributed by atoms with E-state index in [-0.39, 0.29) is 5.97 Å². The molecule has 5 aromatic rings. The van der Waals surface area contributed by atoms with Crippen molar-refractivity contribution < 1.29 is 9.53 Å². The number of hydrogen-bond donors (Lipinski definition) is 2. The van der Waals surface area contributed by atoms with Crippen molar-refractivity contribution in [2.75, 3.05) is 38.5 Å². The molecule has 3 aromatic heterocycles. The number of carbonyl (C=O) groups excluding carboxylic acids is 1. The molecule has 42 heavy (non-hydrogen) atoms. The lowest BCUT2D eigenvalue weighted by molar-refractivity contribution is -0.144. The van der Waals surface area contributed by atoms with Crippen LogP contribution in [-0.2, 0) is 9.53 Å². The first-order chi connectivity index (χ1) is 20.5. The fourth-order valence-corrected chi connectivity index (χ4v) is 5.77. The Labute approximate surface area is 245 Å². The van der Waals surface area contributed by atoms with Crippen molar-refractivity contribution >= 4 is 28.2 Å². The minimum Gasteiger partial charge on any atom is -0.465 e. The van der Waals surface area contributed by atoms with Crippen LogP contribution < -0.4 is 11.1 Å². The molecule has 0 amide bonds. The van der Waals surface area contributed by atoms with Crippen LogP contribution in [0, 0.1) is 0 Å². The second-order valence-corrected chi connectivity index (χ2v) is 10.8. The SMILES string of the molecule is CCOC(=O)CN(CC)CCNC1CC(c2nc(-c3ccc4ccc(-c5ccccc5)nc4c3)c3c(N)nccn23)C1. The summed E-state index contributed by atoms with van der Waals surface area (Å²) in [6, 6.07) is 21.1. The van der Waals surface area contributed by atoms with Gasteiger partial charge in [0, 0.05) is 54.0 Å². The van der Waals surface area contributed by atoms with E-state index >= 15 is 0 Å². The molecule has 0 aliphatic heterocycles. The molecule has 0 atom stereocenters. The number of pyridine rings is 1. The van der Waals surface area contributed by atoms with Crippen molar-refractivity contribution in [3.05, 3.63) is 78.9 Å². The van der Waals surface area contributed by atoms with Gasteiger partial charge in [-0.05, 0) is 38.4 Å². The van der Waals surface area contributed by atoms with Crippen LogP contribution in [0.5, 0.6) is 0 Å². The van der Waals surface area contributed by atoms with Crippen molar-refractivity contribution in [1.29, 1.82) is 0 Å². The molecular formula is C33H37N7O2. The second-order valence-electron chi connectivity index (χ2n) is 10.8. The molecule has 0 radical (unpaired) electrons. The largest absolute Gasteiger partial charge is 0.465 e. The number of likely N-dealkylation sites (N-methyl/N-ethyl adjacent to an activating group) is 1. The minimum atomic E-state index is -0.169. The van der Waals surface area contributed by atoms with Crippen molar-refractivity contribution in [2.24, 2.45) is 0 Å². The molecule has 9 nitrogen and oxygen atoms in total. The number of fused-ring (bicyclic) bond motifs is 2. The van der Waals surface area contributed by atoms with E-state index in [0.717, 1.165) is 77.2 Å². The van der Waals surface area contributed by atoms with Crippen LogP contribution >= 0.6 is 0 Å². The number of esters is 1. The van der Waals surface area contributed by atoms with Gasteiger partial charge in [-0.15, -0.1) is 0 Å². The highest BCUT2D eigenvalue weighted by molar-refractivity contribution is 5.91. The zero-order chi connectivity index (χ0) is 29.1. The van der Waals surface area contributed by atoms with Crippen LogP contribution in [0.1, 0.15) is 38.4 Å². The lowest BCUT2D eigenvalue weighted by Crippen LogP contribution is -2.44. The Morgan fingerprint density at radius 3 is 2.67 bits per heavy atom. The van der Waals surface area contributed by atoms with E-state index in [1.54, 1.807) is 6.20 Å². The van der Waals surface area contributed by atoms with Crippen LogP contribution in [0.4, 0.5) is 5.82 Å². The number of nitrogens with two attached hydrogens (primary N) is 1. The lowest BCUT2D eigenvalue weighted by Gasteiger charge is -2.35. The van der Waals surface area contributed by atoms with Gasteiger partial charge in [-0.2, -0.15) is 0 Å². The molecule has 1 aliphatic carbocycles. The van der Waals surface area contributed by atoms with Crippen molar-refractivity contribution in [3.63, 3.8) is 0 Å². The third kappa shape index (κ3) is 5.70. The molecule has 0 spiro atoms. The van der Waals surface area contributed by atoms with E-state index in [4.69, 9.17) is 20.4 Å². The molecule has 0 bridgehead atoms. The number of carbonyl (C=O) groups is 1. The normalized spacial score (nSPS) is 16.6. The van der Waals surface area contributed by atoms with Gasteiger partial charge < -0.3 is 15.8 Å². The molecule has 3 heterocycles. The summed E-state index contributed by atoms with van der Waals surface area (Å²) in [7, 11) is 0. The van der Waals surface area contributed by atoms with Gasteiger partial charge in [0.25, 0.3) is 0 Å². The van der Waals surface area contributed by atoms with E-state index in [9.17, 15) is 4.79 Å². The molecule has 216 valence electrons. The van der Waals surface area contributed by atoms with Crippen LogP contribution in [0.2, 0.25) is 0 Å². The average molecular weight is 564 g/mol. The van der Waals surface area contributed by atoms with Gasteiger partial charge in [0.05, 0.1) is 24.4 Å². The molecule has 1 saturated carbocycles. The highest BCUT2D eigenvalue weighted by atomic mass is 16.5. The molecule has 6 rings (SSSR count). The maximum atomic E-state index is 11.8. The average Bonchev–Trinajstić information content (AvgIpc) is 3.38. The summed E-state index contributed by atoms with van der Waals surface area (Å²) >= 11 is 0. The molecule has 0 unspecified atom stereocenters. The van der Waals surface area contributed by atoms with Gasteiger partial charge in [-0.3, -0.25) is 14.1 Å². The molecule has 1 aliphatic rings. The Morgan fingerprint density at radius 2 is 1.88 bits per heavy atom. The number of nitrogen functional groups attached to an aromatic ring is 1. The predicted octanol–water partition coefficient (Wildman–Crippen LogP) is 4.91. The van der Waals surface area contributed by atoms with E-state index < -0.39 is 0 Å². The Balaban J connectivity index is 1.19. The molecule has 3 N–H and O–H groups in total. The van der Waals surface area contributed by atoms with Crippen LogP contribution in [-0.4, -0.2) is 69.0 Å². The summed E-state index contributed by atoms with van der Waals surface area (Å²) in [5, 5.41) is 4.72. The zero-order valence-corrected chi connectivity index (χ0v) is 24.2. The first-order valence-corrected chi connectivity index (χ1v) is 14.7. The molecule has 1 fully saturated rings. The Morgan fingerprint density at radius 1 is 1.07 bits per heavy atom. The quantitative estimate of drug-likeness (QED) is 0.218. The number of ether oxygens (including phenoxy) is 1. The molecule has 0 saturated heterocycles. The van der Waals surface area contributed by atoms with Gasteiger partial charge in [-0.1, -0.05) is 55.5 Å². The van der Waals surface area contributed by atoms with Crippen molar-refractivity contribution in [3.8, 4) is 22.5 Å². The standard InChI is InChI=1S/C33H37N7O2/c1-3-39(21-29(41)42-4-2)16-14-35-26-18-25(19-26)33-38-30(31-32(34)36-15-17-40(31)33)24-11-10-23-12-13-27(37-28(23)20-24)22-8-6-5-7-9-22/h5-13,15,17,20,25-26,35H,3-4,14,16,18-19,21H2,1-2H3,(H2,34,36). The number of benzene rings is 2. The molecular weight excluding hydrogens is 526 g/mol. The highest BCUT2D eigenvalue weighted by Crippen LogP contribution is 2.40. The Hall–Kier alpha value is -4.34. The summed E-state index contributed by atoms with van der Waals surface area (Å²) in [5.41, 5.74) is 12.0. The van der Waals surface area contributed by atoms with Gasteiger partial charge in [0.15, 0.2) is 0 Å². The van der Waals surface area contributed by atoms with Crippen LogP contribution in [0.3, 0.4) is 0 Å². The number of rotatable bonds is 11. The van der Waals surface area contributed by atoms with Crippen LogP contribution in [0.25, 0.3) is 38.9 Å².